The van der Waals surface area contributed by atoms with Gasteiger partial charge in [0.05, 0.1) is 0 Å². The molecule has 1 heterocycles. The second kappa shape index (κ2) is 2.98. The largest absolute Gasteiger partial charge is 0.426 e. The molecule has 0 aromatic carbocycles. The van der Waals surface area contributed by atoms with E-state index in [4.69, 9.17) is 0 Å². The van der Waals surface area contributed by atoms with E-state index < -0.39 is 0 Å². The minimum absolute atomic E-state index is 0. The first-order valence-corrected chi connectivity index (χ1v) is 2.20. The van der Waals surface area contributed by atoms with Gasteiger partial charge in [-0.05, 0) is 0 Å². The van der Waals surface area contributed by atoms with Crippen molar-refractivity contribution in [2.24, 2.45) is 0 Å². The number of hydrogen-bond donors (Lipinski definition) is 1. The smallest absolute Gasteiger partial charge is 0 e. The van der Waals surface area contributed by atoms with Gasteiger partial charge in [0.2, 0.25) is 0 Å². The quantitative estimate of drug-likeness (QED) is 0.485. The van der Waals surface area contributed by atoms with E-state index in [1.54, 1.807) is 0 Å². The molecule has 0 aliphatic carbocycles. The second-order valence-corrected chi connectivity index (χ2v) is 1.56. The van der Waals surface area contributed by atoms with Crippen molar-refractivity contribution in [1.82, 2.24) is 10.2 Å². The van der Waals surface area contributed by atoms with E-state index in [1.807, 2.05) is 13.8 Å². The van der Waals surface area contributed by atoms with E-state index in [-0.39, 0.29) is 19.5 Å². The minimum Gasteiger partial charge on any atom is -0.426 e. The van der Waals surface area contributed by atoms with Gasteiger partial charge in [-0.25, -0.2) is 5.10 Å². The third kappa shape index (κ3) is 1.75. The zero-order chi connectivity index (χ0) is 5.28. The molecule has 0 unspecified atom stereocenters. The first kappa shape index (κ1) is 7.83. The van der Waals surface area contributed by atoms with Crippen LogP contribution < -0.4 is 0 Å². The van der Waals surface area contributed by atoms with Crippen molar-refractivity contribution in [2.45, 2.75) is 13.8 Å². The van der Waals surface area contributed by atoms with Crippen molar-refractivity contribution in [3.05, 3.63) is 17.5 Å². The van der Waals surface area contributed by atoms with Gasteiger partial charge in [-0.15, -0.1) is 11.4 Å². The van der Waals surface area contributed by atoms with Gasteiger partial charge in [0, 0.05) is 19.5 Å². The average molecular weight is 198 g/mol. The Morgan fingerprint density at radius 3 is 2.25 bits per heavy atom. The van der Waals surface area contributed by atoms with E-state index in [0.717, 1.165) is 11.4 Å². The SMILES string of the molecule is Cc1[c-]c(C)[nH]n1.[Rh]. The molecule has 0 aliphatic rings. The molecular formula is C5H7N2Rh-. The van der Waals surface area contributed by atoms with E-state index in [2.05, 4.69) is 16.3 Å². The normalized spacial score (nSPS) is 8.25. The molecule has 1 N–H and O–H groups in total. The van der Waals surface area contributed by atoms with Gasteiger partial charge in [0.15, 0.2) is 0 Å². The van der Waals surface area contributed by atoms with E-state index in [1.165, 1.54) is 0 Å². The first-order valence-electron chi connectivity index (χ1n) is 2.20. The average Bonchev–Trinajstić information content (AvgIpc) is 1.87. The fourth-order valence-electron chi connectivity index (χ4n) is 0.495. The predicted molar refractivity (Wildman–Crippen MR) is 26.9 cm³/mol. The van der Waals surface area contributed by atoms with Crippen LogP contribution in [-0.4, -0.2) is 10.2 Å². The number of aromatic nitrogens is 2. The van der Waals surface area contributed by atoms with Crippen LogP contribution in [0.2, 0.25) is 0 Å². The molecule has 2 nitrogen and oxygen atoms in total. The van der Waals surface area contributed by atoms with Gasteiger partial charge in [-0.2, -0.15) is 0 Å². The summed E-state index contributed by atoms with van der Waals surface area (Å²) in [6, 6.07) is 2.97. The van der Waals surface area contributed by atoms with Crippen LogP contribution in [0.25, 0.3) is 0 Å². The van der Waals surface area contributed by atoms with Gasteiger partial charge >= 0.3 is 0 Å². The molecule has 1 radical (unpaired) electrons. The van der Waals surface area contributed by atoms with Gasteiger partial charge in [0.25, 0.3) is 0 Å². The molecule has 1 aromatic heterocycles. The van der Waals surface area contributed by atoms with Crippen LogP contribution in [0.3, 0.4) is 0 Å². The maximum absolute atomic E-state index is 3.84. The van der Waals surface area contributed by atoms with Gasteiger partial charge in [-0.3, -0.25) is 0 Å². The molecule has 0 saturated carbocycles. The maximum Gasteiger partial charge on any atom is 0 e. The summed E-state index contributed by atoms with van der Waals surface area (Å²) >= 11 is 0. The van der Waals surface area contributed by atoms with Gasteiger partial charge < -0.3 is 11.2 Å². The molecule has 0 aliphatic heterocycles. The summed E-state index contributed by atoms with van der Waals surface area (Å²) in [7, 11) is 0. The monoisotopic (exact) mass is 198 g/mol. The minimum atomic E-state index is 0. The van der Waals surface area contributed by atoms with Crippen LogP contribution in [0.15, 0.2) is 0 Å². The summed E-state index contributed by atoms with van der Waals surface area (Å²) in [6.45, 7) is 3.84. The molecule has 0 amide bonds. The Morgan fingerprint density at radius 2 is 2.12 bits per heavy atom. The Hall–Kier alpha value is -0.167. The summed E-state index contributed by atoms with van der Waals surface area (Å²) in [4.78, 5) is 0. The molecule has 0 bridgehead atoms. The molecule has 0 saturated heterocycles. The van der Waals surface area contributed by atoms with E-state index in [9.17, 15) is 0 Å². The van der Waals surface area contributed by atoms with Crippen LogP contribution in [0.1, 0.15) is 11.4 Å². The molecule has 3 heteroatoms. The summed E-state index contributed by atoms with van der Waals surface area (Å²) in [5, 5.41) is 6.60. The van der Waals surface area contributed by atoms with E-state index >= 15 is 0 Å². The zero-order valence-corrected chi connectivity index (χ0v) is 6.42. The summed E-state index contributed by atoms with van der Waals surface area (Å²) < 4.78 is 0. The third-order valence-electron chi connectivity index (χ3n) is 0.760. The Kier molecular flexibility index (Phi) is 2.92. The van der Waals surface area contributed by atoms with Crippen molar-refractivity contribution in [2.75, 3.05) is 0 Å². The molecule has 8 heavy (non-hydrogen) atoms. The Morgan fingerprint density at radius 1 is 1.50 bits per heavy atom. The standard InChI is InChI=1S/C5H7N2.Rh/c1-4-3-5(2)7-6-4;/h1-2H3,(H,6,7);/q-1;. The van der Waals surface area contributed by atoms with Gasteiger partial charge in [-0.1, -0.05) is 13.8 Å². The van der Waals surface area contributed by atoms with E-state index in [0.29, 0.717) is 0 Å². The number of rotatable bonds is 0. The van der Waals surface area contributed by atoms with Crippen molar-refractivity contribution >= 4 is 0 Å². The molecular weight excluding hydrogens is 191 g/mol. The molecule has 0 fully saturated rings. The summed E-state index contributed by atoms with van der Waals surface area (Å²) in [5.41, 5.74) is 1.93. The van der Waals surface area contributed by atoms with Crippen molar-refractivity contribution in [3.8, 4) is 0 Å². The van der Waals surface area contributed by atoms with Crippen molar-refractivity contribution < 1.29 is 19.5 Å². The van der Waals surface area contributed by atoms with Crippen LogP contribution >= 0.6 is 0 Å². The molecule has 1 aromatic rings. The number of aromatic amines is 1. The number of aryl methyl sites for hydroxylation is 2. The predicted octanol–water partition coefficient (Wildman–Crippen LogP) is 0.824. The number of hydrogen-bond acceptors (Lipinski definition) is 1. The van der Waals surface area contributed by atoms with Crippen LogP contribution in [0.5, 0.6) is 0 Å². The molecule has 1 rings (SSSR count). The molecule has 0 spiro atoms. The van der Waals surface area contributed by atoms with Crippen LogP contribution in [-0.2, 0) is 19.5 Å². The third-order valence-corrected chi connectivity index (χ3v) is 0.760. The summed E-state index contributed by atoms with van der Waals surface area (Å²) in [5.74, 6) is 0. The first-order chi connectivity index (χ1) is 3.29. The Labute approximate surface area is 61.4 Å². The van der Waals surface area contributed by atoms with Crippen LogP contribution in [0.4, 0.5) is 0 Å². The van der Waals surface area contributed by atoms with Crippen molar-refractivity contribution in [3.63, 3.8) is 0 Å². The van der Waals surface area contributed by atoms with Gasteiger partial charge in [0.1, 0.15) is 0 Å². The maximum atomic E-state index is 3.84. The number of nitrogens with one attached hydrogen (secondary N) is 1. The number of H-pyrrole nitrogens is 1. The summed E-state index contributed by atoms with van der Waals surface area (Å²) in [6.07, 6.45) is 0. The number of nitrogens with zero attached hydrogens (tertiary/aromatic N) is 1. The fourth-order valence-corrected chi connectivity index (χ4v) is 0.495. The molecule has 0 atom stereocenters. The zero-order valence-electron chi connectivity index (χ0n) is 4.78. The topological polar surface area (TPSA) is 28.7 Å². The fraction of sp³-hybridized carbons (Fsp3) is 0.400. The van der Waals surface area contributed by atoms with Crippen LogP contribution in [0, 0.1) is 19.9 Å². The Balaban J connectivity index is 0.000000490. The van der Waals surface area contributed by atoms with Crippen molar-refractivity contribution in [1.29, 1.82) is 0 Å². The second-order valence-electron chi connectivity index (χ2n) is 1.56. The Bertz CT molecular complexity index is 143. The molecule has 47 valence electrons.